The highest BCUT2D eigenvalue weighted by Gasteiger charge is 2.38. The van der Waals surface area contributed by atoms with Gasteiger partial charge < -0.3 is 25.5 Å². The number of hydrogen-bond donors (Lipinski definition) is 5. The Balaban J connectivity index is 4.35. The van der Waals surface area contributed by atoms with E-state index in [0.717, 1.165) is 32.1 Å². The van der Waals surface area contributed by atoms with E-state index in [0.29, 0.717) is 6.42 Å². The van der Waals surface area contributed by atoms with Gasteiger partial charge in [-0.05, 0) is 6.42 Å². The van der Waals surface area contributed by atoms with E-state index in [2.05, 4.69) is 6.92 Å². The van der Waals surface area contributed by atoms with Gasteiger partial charge in [0.05, 0.1) is 0 Å². The van der Waals surface area contributed by atoms with Crippen molar-refractivity contribution in [2.75, 3.05) is 0 Å². The molecule has 0 aromatic carbocycles. The van der Waals surface area contributed by atoms with Crippen molar-refractivity contribution >= 4 is 11.8 Å². The van der Waals surface area contributed by atoms with Gasteiger partial charge in [-0.1, -0.05) is 46.0 Å². The predicted molar refractivity (Wildman–Crippen MR) is 79.2 cm³/mol. The number of unbranched alkanes of at least 4 members (excludes halogenated alkanes) is 4. The first-order valence-corrected chi connectivity index (χ1v) is 7.72. The largest absolute Gasteiger partial charge is 0.479 e. The summed E-state index contributed by atoms with van der Waals surface area (Å²) in [5.41, 5.74) is 0. The van der Waals surface area contributed by atoms with Crippen molar-refractivity contribution in [3.8, 4) is 0 Å². The first-order valence-electron chi connectivity index (χ1n) is 7.72. The fourth-order valence-electron chi connectivity index (χ4n) is 2.18. The van der Waals surface area contributed by atoms with Crippen LogP contribution in [0.15, 0.2) is 0 Å². The molecule has 5 atom stereocenters. The fourth-order valence-corrected chi connectivity index (χ4v) is 2.18. The molecule has 0 aromatic heterocycles. The normalized spacial score (nSPS) is 18.3. The Labute approximate surface area is 130 Å². The molecular formula is C15H28O7. The number of Topliss-reactive ketones (excluding diaryl/α,β-unsaturated/α-hetero) is 1. The molecule has 7 heteroatoms. The van der Waals surface area contributed by atoms with Gasteiger partial charge in [-0.15, -0.1) is 0 Å². The molecule has 0 heterocycles. The smallest absolute Gasteiger partial charge is 0.335 e. The van der Waals surface area contributed by atoms with Crippen molar-refractivity contribution in [1.82, 2.24) is 0 Å². The van der Waals surface area contributed by atoms with Crippen LogP contribution in [0.5, 0.6) is 0 Å². The maximum atomic E-state index is 12.0. The van der Waals surface area contributed by atoms with Crippen LogP contribution in [0.3, 0.4) is 0 Å². The Morgan fingerprint density at radius 1 is 0.864 bits per heavy atom. The van der Waals surface area contributed by atoms with E-state index in [1.807, 2.05) is 0 Å². The number of aliphatic carboxylic acids is 1. The van der Waals surface area contributed by atoms with Gasteiger partial charge in [0.15, 0.2) is 11.9 Å². The summed E-state index contributed by atoms with van der Waals surface area (Å²) in [5.74, 6) is -2.92. The molecule has 0 bridgehead atoms. The monoisotopic (exact) mass is 320 g/mol. The summed E-state index contributed by atoms with van der Waals surface area (Å²) in [6.45, 7) is 3.71. The highest BCUT2D eigenvalue weighted by Crippen LogP contribution is 2.16. The number of hydrogen-bond acceptors (Lipinski definition) is 6. The van der Waals surface area contributed by atoms with E-state index in [9.17, 15) is 24.9 Å². The number of aliphatic hydroxyl groups is 4. The van der Waals surface area contributed by atoms with E-state index in [-0.39, 0.29) is 0 Å². The van der Waals surface area contributed by atoms with Gasteiger partial charge in [-0.3, -0.25) is 4.79 Å². The summed E-state index contributed by atoms with van der Waals surface area (Å²) in [6, 6.07) is 0. The Morgan fingerprint density at radius 3 is 1.86 bits per heavy atom. The van der Waals surface area contributed by atoms with Crippen molar-refractivity contribution in [3.05, 3.63) is 0 Å². The summed E-state index contributed by atoms with van der Waals surface area (Å²) in [6.07, 6.45) is -2.70. The average molecular weight is 320 g/mol. The summed E-state index contributed by atoms with van der Waals surface area (Å²) < 4.78 is 0. The van der Waals surface area contributed by atoms with E-state index in [4.69, 9.17) is 10.2 Å². The van der Waals surface area contributed by atoms with Gasteiger partial charge >= 0.3 is 5.97 Å². The standard InChI is InChI=1S/C15H28O7/c1-3-4-5-6-7-8-9(2)10(16)11(17)12(18)13(19)14(20)15(21)22/h9,11-14,17-20H,3-8H2,1-2H3,(H,21,22)/t9?,11-,12+,13+,14-/m0/s1. The minimum absolute atomic E-state index is 0.513. The van der Waals surface area contributed by atoms with Gasteiger partial charge in [-0.25, -0.2) is 4.79 Å². The third kappa shape index (κ3) is 6.83. The second kappa shape index (κ2) is 10.7. The number of ketones is 1. The van der Waals surface area contributed by atoms with Gasteiger partial charge in [0.2, 0.25) is 0 Å². The Bertz CT molecular complexity index is 345. The van der Waals surface area contributed by atoms with Crippen molar-refractivity contribution in [1.29, 1.82) is 0 Å². The zero-order valence-corrected chi connectivity index (χ0v) is 13.2. The summed E-state index contributed by atoms with van der Waals surface area (Å²) in [4.78, 5) is 22.5. The van der Waals surface area contributed by atoms with Crippen LogP contribution in [0.25, 0.3) is 0 Å². The third-order valence-corrected chi connectivity index (χ3v) is 3.77. The van der Waals surface area contributed by atoms with Crippen LogP contribution in [0.2, 0.25) is 0 Å². The zero-order valence-electron chi connectivity index (χ0n) is 13.2. The third-order valence-electron chi connectivity index (χ3n) is 3.77. The van der Waals surface area contributed by atoms with Crippen molar-refractivity contribution < 1.29 is 35.1 Å². The van der Waals surface area contributed by atoms with Crippen LogP contribution in [0.4, 0.5) is 0 Å². The molecule has 0 aliphatic heterocycles. The number of carbonyl (C=O) groups is 2. The van der Waals surface area contributed by atoms with E-state index >= 15 is 0 Å². The molecule has 0 rings (SSSR count). The number of rotatable bonds is 12. The molecule has 0 aliphatic carbocycles. The lowest BCUT2D eigenvalue weighted by Crippen LogP contribution is -2.50. The highest BCUT2D eigenvalue weighted by atomic mass is 16.4. The molecule has 0 aromatic rings. The molecular weight excluding hydrogens is 292 g/mol. The molecule has 1 unspecified atom stereocenters. The minimum atomic E-state index is -2.26. The molecule has 22 heavy (non-hydrogen) atoms. The van der Waals surface area contributed by atoms with Gasteiger partial charge in [0.25, 0.3) is 0 Å². The highest BCUT2D eigenvalue weighted by molar-refractivity contribution is 5.85. The number of carbonyl (C=O) groups excluding carboxylic acids is 1. The van der Waals surface area contributed by atoms with E-state index in [1.54, 1.807) is 6.92 Å². The second-order valence-corrected chi connectivity index (χ2v) is 5.72. The Hall–Kier alpha value is -1.02. The molecule has 0 amide bonds. The van der Waals surface area contributed by atoms with Gasteiger partial charge in [-0.2, -0.15) is 0 Å². The SMILES string of the molecule is CCCCCCCC(C)C(=O)[C@H](O)[C@@H](O)[C@@H](O)[C@H](O)C(=O)O. The van der Waals surface area contributed by atoms with Gasteiger partial charge in [0, 0.05) is 5.92 Å². The maximum Gasteiger partial charge on any atom is 0.335 e. The lowest BCUT2D eigenvalue weighted by molar-refractivity contribution is -0.166. The molecule has 5 N–H and O–H groups in total. The van der Waals surface area contributed by atoms with E-state index < -0.39 is 42.1 Å². The average Bonchev–Trinajstić information content (AvgIpc) is 2.50. The molecule has 0 radical (unpaired) electrons. The van der Waals surface area contributed by atoms with Crippen LogP contribution in [0, 0.1) is 5.92 Å². The van der Waals surface area contributed by atoms with Crippen LogP contribution < -0.4 is 0 Å². The predicted octanol–water partition coefficient (Wildman–Crippen LogP) is 0.0803. The van der Waals surface area contributed by atoms with Crippen LogP contribution in [-0.2, 0) is 9.59 Å². The molecule has 0 aliphatic rings. The molecule has 0 fully saturated rings. The lowest BCUT2D eigenvalue weighted by atomic mass is 9.90. The molecule has 0 saturated heterocycles. The van der Waals surface area contributed by atoms with Crippen molar-refractivity contribution in [2.24, 2.45) is 5.92 Å². The number of carboxylic acid groups (broad SMARTS) is 1. The van der Waals surface area contributed by atoms with Crippen molar-refractivity contribution in [3.63, 3.8) is 0 Å². The fraction of sp³-hybridized carbons (Fsp3) is 0.867. The molecule has 0 saturated carbocycles. The Morgan fingerprint density at radius 2 is 1.36 bits per heavy atom. The van der Waals surface area contributed by atoms with Crippen LogP contribution in [-0.4, -0.2) is 61.7 Å². The quantitative estimate of drug-likeness (QED) is 0.321. The lowest BCUT2D eigenvalue weighted by Gasteiger charge is -2.25. The Kier molecular flexibility index (Phi) is 10.2. The van der Waals surface area contributed by atoms with Crippen LogP contribution >= 0.6 is 0 Å². The molecule has 7 nitrogen and oxygen atoms in total. The second-order valence-electron chi connectivity index (χ2n) is 5.72. The minimum Gasteiger partial charge on any atom is -0.479 e. The summed E-state index contributed by atoms with van der Waals surface area (Å²) in [7, 11) is 0. The van der Waals surface area contributed by atoms with Crippen LogP contribution in [0.1, 0.15) is 52.4 Å². The number of aliphatic hydroxyl groups excluding tert-OH is 4. The molecule has 130 valence electrons. The first kappa shape index (κ1) is 21.0. The maximum absolute atomic E-state index is 12.0. The first-order chi connectivity index (χ1) is 10.2. The zero-order chi connectivity index (χ0) is 17.3. The van der Waals surface area contributed by atoms with Gasteiger partial charge in [0.1, 0.15) is 18.3 Å². The van der Waals surface area contributed by atoms with Crippen molar-refractivity contribution in [2.45, 2.75) is 76.8 Å². The summed E-state index contributed by atoms with van der Waals surface area (Å²) >= 11 is 0. The topological polar surface area (TPSA) is 135 Å². The van der Waals surface area contributed by atoms with E-state index in [1.165, 1.54) is 0 Å². The molecule has 0 spiro atoms. The number of carboxylic acids is 1. The summed E-state index contributed by atoms with van der Waals surface area (Å²) in [5, 5.41) is 46.5.